The molecule has 0 saturated heterocycles. The lowest BCUT2D eigenvalue weighted by Gasteiger charge is -2.25. The molecule has 0 spiro atoms. The third kappa shape index (κ3) is 3.00. The first kappa shape index (κ1) is 13.9. The van der Waals surface area contributed by atoms with Gasteiger partial charge >= 0.3 is 0 Å². The zero-order valence-electron chi connectivity index (χ0n) is 10.7. The molecule has 1 nitrogen and oxygen atoms in total. The Balaban J connectivity index is 1.88. The number of nitrogens with one attached hydrogen (secondary N) is 1. The van der Waals surface area contributed by atoms with Gasteiger partial charge in [-0.15, -0.1) is 11.3 Å². The van der Waals surface area contributed by atoms with Crippen LogP contribution in [0.15, 0.2) is 28.7 Å². The SMILES string of the molecule is Cc1ccc(NC2CCCc3sc(I)cc32)c(Br)c1. The summed E-state index contributed by atoms with van der Waals surface area (Å²) in [5.74, 6) is 0. The molecule has 1 unspecified atom stereocenters. The minimum Gasteiger partial charge on any atom is -0.377 e. The molecule has 1 aliphatic rings. The molecule has 1 aliphatic carbocycles. The van der Waals surface area contributed by atoms with Crippen LogP contribution in [0.4, 0.5) is 5.69 Å². The van der Waals surface area contributed by atoms with E-state index in [0.29, 0.717) is 6.04 Å². The Morgan fingerprint density at radius 1 is 1.37 bits per heavy atom. The van der Waals surface area contributed by atoms with Gasteiger partial charge in [-0.25, -0.2) is 0 Å². The van der Waals surface area contributed by atoms with Gasteiger partial charge in [0.2, 0.25) is 0 Å². The third-order valence-electron chi connectivity index (χ3n) is 3.54. The van der Waals surface area contributed by atoms with Crippen molar-refractivity contribution in [2.45, 2.75) is 32.2 Å². The maximum Gasteiger partial charge on any atom is 0.0660 e. The maximum absolute atomic E-state index is 3.70. The van der Waals surface area contributed by atoms with E-state index >= 15 is 0 Å². The average molecular weight is 448 g/mol. The highest BCUT2D eigenvalue weighted by atomic mass is 127. The third-order valence-corrected chi connectivity index (χ3v) is 6.17. The molecule has 100 valence electrons. The quantitative estimate of drug-likeness (QED) is 0.564. The van der Waals surface area contributed by atoms with Crippen LogP contribution in [0.5, 0.6) is 0 Å². The molecule has 4 heteroatoms. The molecular formula is C15H15BrINS. The van der Waals surface area contributed by atoms with Gasteiger partial charge in [0.05, 0.1) is 8.93 Å². The first-order valence-electron chi connectivity index (χ1n) is 6.44. The normalized spacial score (nSPS) is 18.2. The van der Waals surface area contributed by atoms with Crippen molar-refractivity contribution in [2.24, 2.45) is 0 Å². The van der Waals surface area contributed by atoms with Crippen molar-refractivity contribution in [1.29, 1.82) is 0 Å². The second-order valence-corrected chi connectivity index (χ2v) is 8.89. The van der Waals surface area contributed by atoms with Gasteiger partial charge in [-0.2, -0.15) is 0 Å². The molecular weight excluding hydrogens is 433 g/mol. The predicted molar refractivity (Wildman–Crippen MR) is 95.2 cm³/mol. The molecule has 1 aromatic carbocycles. The number of hydrogen-bond donors (Lipinski definition) is 1. The van der Waals surface area contributed by atoms with Crippen molar-refractivity contribution >= 4 is 55.5 Å². The molecule has 3 rings (SSSR count). The Labute approximate surface area is 140 Å². The largest absolute Gasteiger partial charge is 0.377 e. The second-order valence-electron chi connectivity index (χ2n) is 5.00. The standard InChI is InChI=1S/C15H15BrINS/c1-9-5-6-13(11(16)7-9)18-12-3-2-4-14-10(12)8-15(17)19-14/h5-8,12,18H,2-4H2,1H3. The fourth-order valence-electron chi connectivity index (χ4n) is 2.60. The molecule has 0 fully saturated rings. The summed E-state index contributed by atoms with van der Waals surface area (Å²) in [5, 5.41) is 3.70. The first-order chi connectivity index (χ1) is 9.13. The summed E-state index contributed by atoms with van der Waals surface area (Å²) in [7, 11) is 0. The van der Waals surface area contributed by atoms with Gasteiger partial charge in [-0.3, -0.25) is 0 Å². The lowest BCUT2D eigenvalue weighted by Crippen LogP contribution is -2.15. The Hall–Kier alpha value is -0.0700. The molecule has 1 atom stereocenters. The van der Waals surface area contributed by atoms with Gasteiger partial charge in [-0.1, -0.05) is 6.07 Å². The number of anilines is 1. The highest BCUT2D eigenvalue weighted by molar-refractivity contribution is 14.1. The van der Waals surface area contributed by atoms with Crippen molar-refractivity contribution in [1.82, 2.24) is 0 Å². The van der Waals surface area contributed by atoms with E-state index < -0.39 is 0 Å². The summed E-state index contributed by atoms with van der Waals surface area (Å²) in [6.07, 6.45) is 3.75. The number of thiophene rings is 1. The molecule has 0 bridgehead atoms. The van der Waals surface area contributed by atoms with Crippen LogP contribution in [0.2, 0.25) is 0 Å². The Morgan fingerprint density at radius 3 is 3.00 bits per heavy atom. The Bertz CT molecular complexity index is 608. The van der Waals surface area contributed by atoms with E-state index in [1.54, 1.807) is 4.88 Å². The zero-order chi connectivity index (χ0) is 13.4. The van der Waals surface area contributed by atoms with Crippen LogP contribution < -0.4 is 5.32 Å². The van der Waals surface area contributed by atoms with E-state index in [1.807, 2.05) is 11.3 Å². The predicted octanol–water partition coefficient (Wildman–Crippen LogP) is 5.91. The number of aryl methyl sites for hydroxylation is 2. The number of rotatable bonds is 2. The Morgan fingerprint density at radius 2 is 2.21 bits per heavy atom. The summed E-state index contributed by atoms with van der Waals surface area (Å²) in [5.41, 5.74) is 3.99. The molecule has 0 aliphatic heterocycles. The topological polar surface area (TPSA) is 12.0 Å². The number of halogens is 2. The highest BCUT2D eigenvalue weighted by Crippen LogP contribution is 2.39. The van der Waals surface area contributed by atoms with Crippen LogP contribution in [0, 0.1) is 9.81 Å². The molecule has 1 aromatic heterocycles. The van der Waals surface area contributed by atoms with Gasteiger partial charge in [0.1, 0.15) is 0 Å². The van der Waals surface area contributed by atoms with Crippen LogP contribution in [-0.4, -0.2) is 0 Å². The van der Waals surface area contributed by atoms with Crippen LogP contribution in [0.1, 0.15) is 34.9 Å². The van der Waals surface area contributed by atoms with E-state index in [-0.39, 0.29) is 0 Å². The van der Waals surface area contributed by atoms with E-state index in [2.05, 4.69) is 75.0 Å². The fraction of sp³-hybridized carbons (Fsp3) is 0.333. The summed E-state index contributed by atoms with van der Waals surface area (Å²) < 4.78 is 2.56. The van der Waals surface area contributed by atoms with Gasteiger partial charge in [-0.05, 0) is 94.0 Å². The van der Waals surface area contributed by atoms with Crippen LogP contribution in [0.3, 0.4) is 0 Å². The second kappa shape index (κ2) is 5.74. The molecule has 1 N–H and O–H groups in total. The Kier molecular flexibility index (Phi) is 4.19. The molecule has 1 heterocycles. The summed E-state index contributed by atoms with van der Waals surface area (Å²) in [6.45, 7) is 2.12. The van der Waals surface area contributed by atoms with Gasteiger partial charge < -0.3 is 5.32 Å². The molecule has 0 amide bonds. The van der Waals surface area contributed by atoms with Crippen molar-refractivity contribution in [3.05, 3.63) is 47.6 Å². The molecule has 0 saturated carbocycles. The van der Waals surface area contributed by atoms with E-state index in [9.17, 15) is 0 Å². The van der Waals surface area contributed by atoms with Gasteiger partial charge in [0.25, 0.3) is 0 Å². The fourth-order valence-corrected chi connectivity index (χ4v) is 5.32. The highest BCUT2D eigenvalue weighted by Gasteiger charge is 2.22. The molecule has 0 radical (unpaired) electrons. The van der Waals surface area contributed by atoms with Gasteiger partial charge in [0, 0.05) is 15.0 Å². The van der Waals surface area contributed by atoms with Crippen molar-refractivity contribution in [3.63, 3.8) is 0 Å². The van der Waals surface area contributed by atoms with Crippen LogP contribution >= 0.6 is 49.9 Å². The van der Waals surface area contributed by atoms with Crippen molar-refractivity contribution in [3.8, 4) is 0 Å². The van der Waals surface area contributed by atoms with E-state index in [4.69, 9.17) is 0 Å². The summed E-state index contributed by atoms with van der Waals surface area (Å²) in [6, 6.07) is 9.31. The van der Waals surface area contributed by atoms with Gasteiger partial charge in [0.15, 0.2) is 0 Å². The molecule has 2 aromatic rings. The van der Waals surface area contributed by atoms with Crippen LogP contribution in [-0.2, 0) is 6.42 Å². The van der Waals surface area contributed by atoms with Crippen molar-refractivity contribution < 1.29 is 0 Å². The lowest BCUT2D eigenvalue weighted by molar-refractivity contribution is 0.608. The lowest BCUT2D eigenvalue weighted by atomic mass is 9.94. The first-order valence-corrected chi connectivity index (χ1v) is 9.13. The summed E-state index contributed by atoms with van der Waals surface area (Å²) in [4.78, 5) is 1.57. The number of fused-ring (bicyclic) bond motifs is 1. The molecule has 19 heavy (non-hydrogen) atoms. The number of hydrogen-bond acceptors (Lipinski definition) is 2. The van der Waals surface area contributed by atoms with E-state index in [0.717, 1.165) is 4.47 Å². The maximum atomic E-state index is 3.70. The smallest absolute Gasteiger partial charge is 0.0660 e. The summed E-state index contributed by atoms with van der Waals surface area (Å²) >= 11 is 8.04. The van der Waals surface area contributed by atoms with E-state index in [1.165, 1.54) is 39.0 Å². The minimum absolute atomic E-state index is 0.461. The number of benzene rings is 1. The zero-order valence-corrected chi connectivity index (χ0v) is 15.2. The average Bonchev–Trinajstić information content (AvgIpc) is 2.74. The minimum atomic E-state index is 0.461. The van der Waals surface area contributed by atoms with Crippen LogP contribution in [0.25, 0.3) is 0 Å². The monoisotopic (exact) mass is 447 g/mol. The van der Waals surface area contributed by atoms with Crippen molar-refractivity contribution in [2.75, 3.05) is 5.32 Å².